The first-order valence-corrected chi connectivity index (χ1v) is 31.9. The van der Waals surface area contributed by atoms with Crippen LogP contribution in [-0.2, 0) is 39.3 Å². The molecule has 14 aliphatic rings. The molecule has 84 heavy (non-hydrogen) atoms. The van der Waals surface area contributed by atoms with Crippen LogP contribution in [0.2, 0.25) is 0 Å². The van der Waals surface area contributed by atoms with Crippen molar-refractivity contribution in [2.45, 2.75) is 60.2 Å². The fourth-order valence-corrected chi connectivity index (χ4v) is 31.0. The third-order valence-electron chi connectivity index (χ3n) is 31.2. The number of hydrogen-bond acceptors (Lipinski definition) is 2. The molecule has 2 heteroatoms. The molecule has 0 aromatic heterocycles. The summed E-state index contributed by atoms with van der Waals surface area (Å²) in [5, 5.41) is 74.8. The van der Waals surface area contributed by atoms with Crippen LogP contribution in [0.3, 0.4) is 0 Å². The Morgan fingerprint density at radius 1 is 0.274 bits per heavy atom. The number of aldehydes is 1. The van der Waals surface area contributed by atoms with Gasteiger partial charge in [0.1, 0.15) is 6.29 Å². The van der Waals surface area contributed by atoms with E-state index in [1.165, 1.54) is 11.1 Å². The van der Waals surface area contributed by atoms with Crippen LogP contribution in [0.5, 0.6) is 0 Å². The second-order valence-electron chi connectivity index (χ2n) is 31.2. The summed E-state index contributed by atoms with van der Waals surface area (Å²) < 4.78 is 0. The largest absolute Gasteiger partial charge is 0.303 e. The average molecular weight is 1040 g/mol. The lowest BCUT2D eigenvalue weighted by molar-refractivity contribution is -0.113. The van der Waals surface area contributed by atoms with E-state index in [4.69, 9.17) is 4.99 Å². The van der Waals surface area contributed by atoms with Crippen LogP contribution in [-0.4, -0.2) is 12.5 Å². The number of aryl methyl sites for hydroxylation is 2. The Hall–Kier alpha value is -9.50. The Morgan fingerprint density at radius 2 is 0.512 bits per heavy atom. The molecule has 3 atom stereocenters. The van der Waals surface area contributed by atoms with Crippen LogP contribution in [0.4, 0.5) is 5.69 Å². The molecule has 14 aliphatic carbocycles. The maximum absolute atomic E-state index is 16.5. The molecule has 2 fully saturated rings. The fourth-order valence-electron chi connectivity index (χ4n) is 31.0. The van der Waals surface area contributed by atoms with Crippen molar-refractivity contribution in [1.82, 2.24) is 0 Å². The Kier molecular flexibility index (Phi) is 3.15. The summed E-state index contributed by atoms with van der Waals surface area (Å²) in [6.45, 7) is 0. The lowest BCUT2D eigenvalue weighted by Crippen LogP contribution is -2.28. The number of carbonyl (C=O) groups is 1. The van der Waals surface area contributed by atoms with Gasteiger partial charge >= 0.3 is 0 Å². The van der Waals surface area contributed by atoms with Gasteiger partial charge in [-0.2, -0.15) is 0 Å². The van der Waals surface area contributed by atoms with Crippen molar-refractivity contribution < 1.29 is 4.79 Å². The molecule has 26 aromatic carbocycles. The summed E-state index contributed by atoms with van der Waals surface area (Å²) in [6.07, 6.45) is 10.5. The highest BCUT2D eigenvalue weighted by Gasteiger charge is 2.99. The molecule has 26 aromatic rings. The van der Waals surface area contributed by atoms with Gasteiger partial charge in [-0.05, 0) is 365 Å². The summed E-state index contributed by atoms with van der Waals surface area (Å²) in [5.74, 6) is 0. The van der Waals surface area contributed by atoms with Gasteiger partial charge in [-0.15, -0.1) is 0 Å². The second-order valence-corrected chi connectivity index (χ2v) is 31.2. The van der Waals surface area contributed by atoms with Gasteiger partial charge in [-0.25, -0.2) is 0 Å². The van der Waals surface area contributed by atoms with E-state index in [1.54, 1.807) is 310 Å². The van der Waals surface area contributed by atoms with E-state index in [9.17, 15) is 0 Å². The summed E-state index contributed by atoms with van der Waals surface area (Å²) in [4.78, 5) is 22.5. The highest BCUT2D eigenvalue weighted by Crippen LogP contribution is 3.02. The molecule has 0 saturated heterocycles. The third-order valence-corrected chi connectivity index (χ3v) is 31.2. The van der Waals surface area contributed by atoms with E-state index in [0.29, 0.717) is 0 Å². The first-order chi connectivity index (χ1) is 41.8. The number of rotatable bonds is 3. The molecule has 0 heterocycles. The van der Waals surface area contributed by atoms with Crippen LogP contribution < -0.4 is 0 Å². The molecule has 0 aliphatic heterocycles. The topological polar surface area (TPSA) is 29.4 Å². The molecular formula is C82H23NO. The highest BCUT2D eigenvalue weighted by molar-refractivity contribution is 6.79. The van der Waals surface area contributed by atoms with Gasteiger partial charge in [0.25, 0.3) is 0 Å². The molecular weight excluding hydrogens is 1010 g/mol. The molecule has 3 unspecified atom stereocenters. The fraction of sp³-hybridized carbons (Fsp3) is 0.146. The number of hydrogen-bond donors (Lipinski definition) is 0. The van der Waals surface area contributed by atoms with Crippen molar-refractivity contribution in [2.24, 2.45) is 15.8 Å². The maximum Gasteiger partial charge on any atom is 0.128 e. The van der Waals surface area contributed by atoms with Gasteiger partial charge in [-0.3, -0.25) is 4.99 Å². The van der Waals surface area contributed by atoms with E-state index >= 15 is 4.79 Å². The van der Waals surface area contributed by atoms with E-state index in [2.05, 4.69) is 60.8 Å². The van der Waals surface area contributed by atoms with Gasteiger partial charge in [0.2, 0.25) is 0 Å². The van der Waals surface area contributed by atoms with Gasteiger partial charge in [0.15, 0.2) is 0 Å². The average Bonchev–Trinajstić information content (AvgIpc) is 1.34. The molecule has 2 nitrogen and oxygen atoms in total. The standard InChI is InChI=1S/C82H23NO/c84-17-78-15-5-7-19-12-10-18(11-13-19)6-4-14-77(16-83-20-8-2-1-3-9-20)79-69-55-45-34-25-21-22-24-29-23(21)30-27-32(25)40(45)51-43-36(27)47-38(30)49-42(29)50-39-31(24)28-33-26(22)35(34)46-41(33)52-44-37(28)48(39)62-66-54(44)64(60(52)70(79)56(46)55)74-68-67-73(80(74,77)79)63(59(51)69)53(43)65-61(47)71-57(49)58(50)72(62)82(78,76(66)68)81(71,78)75(65)67/h1-3,8-13,16-17H,4-7,14-15H2. The number of para-hydroxylation sites is 1. The third kappa shape index (κ3) is 1.83. The minimum absolute atomic E-state index is 0.370. The molecule has 12 bridgehead atoms. The molecule has 362 valence electrons. The highest BCUT2D eigenvalue weighted by atomic mass is 16.1. The van der Waals surface area contributed by atoms with Crippen molar-refractivity contribution in [3.05, 3.63) is 110 Å². The Labute approximate surface area is 465 Å². The van der Waals surface area contributed by atoms with E-state index in [1.807, 2.05) is 0 Å². The zero-order valence-electron chi connectivity index (χ0n) is 43.9. The zero-order chi connectivity index (χ0) is 50.8. The molecule has 0 radical (unpaired) electrons. The van der Waals surface area contributed by atoms with Crippen LogP contribution in [0.25, 0.3) is 259 Å². The van der Waals surface area contributed by atoms with Gasteiger partial charge in [0, 0.05) is 22.5 Å². The number of benzene rings is 18. The molecule has 0 N–H and O–H groups in total. The molecule has 40 rings (SSSR count). The monoisotopic (exact) mass is 1040 g/mol. The van der Waals surface area contributed by atoms with Crippen molar-refractivity contribution in [1.29, 1.82) is 0 Å². The predicted molar refractivity (Wildman–Crippen MR) is 344 cm³/mol. The van der Waals surface area contributed by atoms with Crippen molar-refractivity contribution >= 4 is 266 Å². The first kappa shape index (κ1) is 33.6. The second kappa shape index (κ2) is 7.87. The predicted octanol–water partition coefficient (Wildman–Crippen LogP) is 19.8. The minimum atomic E-state index is -0.662. The minimum Gasteiger partial charge on any atom is -0.303 e. The number of nitrogens with zero attached hydrogens (tertiary/aromatic N) is 1. The maximum atomic E-state index is 16.5. The van der Waals surface area contributed by atoms with Crippen LogP contribution in [0.1, 0.15) is 81.3 Å². The Morgan fingerprint density at radius 3 is 0.810 bits per heavy atom. The van der Waals surface area contributed by atoms with E-state index in [-0.39, 0.29) is 16.2 Å². The van der Waals surface area contributed by atoms with Crippen LogP contribution >= 0.6 is 0 Å². The number of carbonyl (C=O) groups excluding carboxylic acids is 1. The molecule has 4 spiro atoms. The van der Waals surface area contributed by atoms with Gasteiger partial charge in [0.05, 0.1) is 21.9 Å². The van der Waals surface area contributed by atoms with E-state index < -0.39 is 16.2 Å². The summed E-state index contributed by atoms with van der Waals surface area (Å²) >= 11 is 0. The van der Waals surface area contributed by atoms with Crippen LogP contribution in [0.15, 0.2) is 59.6 Å². The lowest BCUT2D eigenvalue weighted by atomic mass is 9.66. The molecule has 2 saturated carbocycles. The zero-order valence-corrected chi connectivity index (χ0v) is 43.9. The first-order valence-electron chi connectivity index (χ1n) is 31.9. The normalized spacial score (nSPS) is 29.4. The molecule has 0 amide bonds. The van der Waals surface area contributed by atoms with Crippen LogP contribution in [0, 0.1) is 10.8 Å². The number of aliphatic imine (C=N–C) groups is 1. The Balaban J connectivity index is 1.00. The van der Waals surface area contributed by atoms with Gasteiger partial charge < -0.3 is 4.79 Å². The Bertz CT molecular complexity index is 7790. The smallest absolute Gasteiger partial charge is 0.128 e. The van der Waals surface area contributed by atoms with Crippen molar-refractivity contribution in [3.63, 3.8) is 0 Å². The lowest BCUT2D eigenvalue weighted by Gasteiger charge is -2.34. The summed E-state index contributed by atoms with van der Waals surface area (Å²) in [7, 11) is 0. The quantitative estimate of drug-likeness (QED) is 0.0985. The summed E-state index contributed by atoms with van der Waals surface area (Å²) in [6, 6.07) is 21.1. The SMILES string of the molecule is O=CC12CCCc3ccc(cc3)CCCC3(C=Nc4ccccc4)C45c6c7c8c9c%10c%11c%12c%13c%14c%15c%16c(c-7c4c4c7c%17c%18c%19c(c%20c6c9c6c%20c9c%19c%19c%20c%18c%18c7c(c4%16)c4c%15c7c%13c%13c%12c%12c%10c6c6c9c%19c9c(c%126)c%13c6c7c4c%18c%20c69)C%1735)C%141C8%112. The van der Waals surface area contributed by atoms with Crippen molar-refractivity contribution in [2.75, 3.05) is 0 Å². The van der Waals surface area contributed by atoms with Gasteiger partial charge in [-0.1, -0.05) is 42.5 Å². The van der Waals surface area contributed by atoms with E-state index in [0.717, 1.165) is 44.2 Å². The van der Waals surface area contributed by atoms with Crippen molar-refractivity contribution in [3.8, 4) is 11.1 Å². The summed E-state index contributed by atoms with van der Waals surface area (Å²) in [5.41, 5.74) is 17.9.